The third-order valence-corrected chi connectivity index (χ3v) is 5.35. The molecule has 4 nitrogen and oxygen atoms in total. The van der Waals surface area contributed by atoms with Crippen molar-refractivity contribution in [1.29, 1.82) is 0 Å². The first-order chi connectivity index (χ1) is 14.0. The van der Waals surface area contributed by atoms with Crippen LogP contribution >= 0.6 is 23.2 Å². The van der Waals surface area contributed by atoms with E-state index in [9.17, 15) is 4.79 Å². The van der Waals surface area contributed by atoms with Gasteiger partial charge >= 0.3 is 5.97 Å². The molecule has 6 heteroatoms. The predicted molar refractivity (Wildman–Crippen MR) is 115 cm³/mol. The fourth-order valence-corrected chi connectivity index (χ4v) is 3.84. The molecule has 1 saturated carbocycles. The second-order valence-corrected chi connectivity index (χ2v) is 7.99. The molecule has 3 aromatic carbocycles. The standard InChI is InChI=1S/C23H19Cl2NO3/c24-16-9-17(25)11-20(10-16)29-19-3-1-2-14(8-19)13-26-18-6-4-15(5-7-18)21-12-22(21)23(27)28/h1-11,21-22,26H,12-13H2,(H,27,28)/t21?,22-/m0/s1. The van der Waals surface area contributed by atoms with Crippen LogP contribution in [-0.2, 0) is 11.3 Å². The lowest BCUT2D eigenvalue weighted by molar-refractivity contribution is -0.138. The summed E-state index contributed by atoms with van der Waals surface area (Å²) in [6.45, 7) is 0.633. The Labute approximate surface area is 179 Å². The van der Waals surface area contributed by atoms with Crippen LogP contribution in [0.4, 0.5) is 5.69 Å². The number of halogens is 2. The van der Waals surface area contributed by atoms with Crippen LogP contribution < -0.4 is 10.1 Å². The summed E-state index contributed by atoms with van der Waals surface area (Å²) in [6.07, 6.45) is 0.729. The van der Waals surface area contributed by atoms with Gasteiger partial charge in [-0.15, -0.1) is 0 Å². The molecule has 4 rings (SSSR count). The molecule has 0 radical (unpaired) electrons. The van der Waals surface area contributed by atoms with E-state index in [1.54, 1.807) is 18.2 Å². The number of carboxylic acid groups (broad SMARTS) is 1. The minimum Gasteiger partial charge on any atom is -0.481 e. The average molecular weight is 428 g/mol. The molecule has 0 amide bonds. The molecular weight excluding hydrogens is 409 g/mol. The number of hydrogen-bond donors (Lipinski definition) is 2. The van der Waals surface area contributed by atoms with Gasteiger partial charge in [0, 0.05) is 22.3 Å². The molecule has 0 heterocycles. The first-order valence-corrected chi connectivity index (χ1v) is 10.0. The smallest absolute Gasteiger partial charge is 0.307 e. The Hall–Kier alpha value is -2.69. The molecule has 148 valence electrons. The summed E-state index contributed by atoms with van der Waals surface area (Å²) in [5.74, 6) is 0.495. The van der Waals surface area contributed by atoms with E-state index in [0.717, 1.165) is 23.2 Å². The van der Waals surface area contributed by atoms with Crippen molar-refractivity contribution in [1.82, 2.24) is 0 Å². The molecule has 0 spiro atoms. The SMILES string of the molecule is O=C(O)[C@H]1CC1c1ccc(NCc2cccc(Oc3cc(Cl)cc(Cl)c3)c2)cc1. The van der Waals surface area contributed by atoms with Crippen molar-refractivity contribution in [3.8, 4) is 11.5 Å². The van der Waals surface area contributed by atoms with Gasteiger partial charge in [-0.05, 0) is 65.9 Å². The van der Waals surface area contributed by atoms with Crippen molar-refractivity contribution in [2.75, 3.05) is 5.32 Å². The summed E-state index contributed by atoms with van der Waals surface area (Å²) in [6, 6.07) is 20.8. The highest BCUT2D eigenvalue weighted by Gasteiger charge is 2.43. The number of aliphatic carboxylic acids is 1. The van der Waals surface area contributed by atoms with Gasteiger partial charge in [0.1, 0.15) is 11.5 Å². The van der Waals surface area contributed by atoms with E-state index in [1.807, 2.05) is 48.5 Å². The van der Waals surface area contributed by atoms with Gasteiger partial charge in [0.2, 0.25) is 0 Å². The third-order valence-electron chi connectivity index (χ3n) is 4.91. The van der Waals surface area contributed by atoms with E-state index in [1.165, 1.54) is 0 Å². The van der Waals surface area contributed by atoms with Crippen LogP contribution in [0.25, 0.3) is 0 Å². The largest absolute Gasteiger partial charge is 0.481 e. The second kappa shape index (κ2) is 8.36. The van der Waals surface area contributed by atoms with E-state index in [-0.39, 0.29) is 11.8 Å². The van der Waals surface area contributed by atoms with Crippen molar-refractivity contribution in [3.05, 3.63) is 87.9 Å². The van der Waals surface area contributed by atoms with Crippen molar-refractivity contribution in [3.63, 3.8) is 0 Å². The molecule has 0 aromatic heterocycles. The molecule has 2 N–H and O–H groups in total. The van der Waals surface area contributed by atoms with Gasteiger partial charge in [0.25, 0.3) is 0 Å². The fraction of sp³-hybridized carbons (Fsp3) is 0.174. The fourth-order valence-electron chi connectivity index (χ4n) is 3.33. The van der Waals surface area contributed by atoms with E-state index in [2.05, 4.69) is 5.32 Å². The number of anilines is 1. The van der Waals surface area contributed by atoms with Gasteiger partial charge in [-0.25, -0.2) is 0 Å². The molecule has 1 fully saturated rings. The van der Waals surface area contributed by atoms with E-state index < -0.39 is 5.97 Å². The minimum atomic E-state index is -0.709. The summed E-state index contributed by atoms with van der Waals surface area (Å²) in [4.78, 5) is 11.0. The maximum absolute atomic E-state index is 11.0. The van der Waals surface area contributed by atoms with Crippen LogP contribution in [0.2, 0.25) is 10.0 Å². The Kier molecular flexibility index (Phi) is 5.65. The van der Waals surface area contributed by atoms with Crippen LogP contribution in [0.3, 0.4) is 0 Å². The number of hydrogen-bond acceptors (Lipinski definition) is 3. The van der Waals surface area contributed by atoms with Crippen molar-refractivity contribution >= 4 is 34.9 Å². The number of carbonyl (C=O) groups is 1. The summed E-state index contributed by atoms with van der Waals surface area (Å²) in [7, 11) is 0. The minimum absolute atomic E-state index is 0.148. The van der Waals surface area contributed by atoms with Crippen LogP contribution in [0.15, 0.2) is 66.7 Å². The van der Waals surface area contributed by atoms with Gasteiger partial charge < -0.3 is 15.2 Å². The second-order valence-electron chi connectivity index (χ2n) is 7.12. The molecule has 2 atom stereocenters. The molecule has 1 unspecified atom stereocenters. The van der Waals surface area contributed by atoms with Gasteiger partial charge in [-0.2, -0.15) is 0 Å². The zero-order chi connectivity index (χ0) is 20.4. The number of carboxylic acids is 1. The zero-order valence-corrected chi connectivity index (χ0v) is 17.0. The third kappa shape index (κ3) is 5.03. The van der Waals surface area contributed by atoms with E-state index in [0.29, 0.717) is 28.1 Å². The topological polar surface area (TPSA) is 58.6 Å². The summed E-state index contributed by atoms with van der Waals surface area (Å²) in [5.41, 5.74) is 3.13. The predicted octanol–water partition coefficient (Wildman–Crippen LogP) is 6.59. The average Bonchev–Trinajstić information content (AvgIpc) is 3.47. The normalized spacial score (nSPS) is 17.6. The Bertz CT molecular complexity index is 1020. The van der Waals surface area contributed by atoms with Crippen molar-refractivity contribution in [2.24, 2.45) is 5.92 Å². The van der Waals surface area contributed by atoms with Crippen molar-refractivity contribution in [2.45, 2.75) is 18.9 Å². The summed E-state index contributed by atoms with van der Waals surface area (Å²) < 4.78 is 5.87. The molecule has 1 aliphatic carbocycles. The molecule has 3 aromatic rings. The number of ether oxygens (including phenoxy) is 1. The van der Waals surface area contributed by atoms with Gasteiger partial charge in [-0.3, -0.25) is 4.79 Å². The monoisotopic (exact) mass is 427 g/mol. The quantitative estimate of drug-likeness (QED) is 0.446. The zero-order valence-electron chi connectivity index (χ0n) is 15.4. The first-order valence-electron chi connectivity index (χ1n) is 9.27. The molecule has 0 bridgehead atoms. The van der Waals surface area contributed by atoms with Crippen LogP contribution in [0.1, 0.15) is 23.5 Å². The van der Waals surface area contributed by atoms with Crippen molar-refractivity contribution < 1.29 is 14.6 Å². The highest BCUT2D eigenvalue weighted by Crippen LogP contribution is 2.47. The molecular formula is C23H19Cl2NO3. The van der Waals surface area contributed by atoms with Gasteiger partial charge in [-0.1, -0.05) is 47.5 Å². The van der Waals surface area contributed by atoms with E-state index >= 15 is 0 Å². The molecule has 0 saturated heterocycles. The molecule has 29 heavy (non-hydrogen) atoms. The highest BCUT2D eigenvalue weighted by molar-refractivity contribution is 6.34. The summed E-state index contributed by atoms with van der Waals surface area (Å²) >= 11 is 12.0. The van der Waals surface area contributed by atoms with Crippen LogP contribution in [-0.4, -0.2) is 11.1 Å². The highest BCUT2D eigenvalue weighted by atomic mass is 35.5. The van der Waals surface area contributed by atoms with Crippen LogP contribution in [0.5, 0.6) is 11.5 Å². The van der Waals surface area contributed by atoms with Gasteiger partial charge in [0.15, 0.2) is 0 Å². The Balaban J connectivity index is 1.36. The first kappa shape index (κ1) is 19.6. The Morgan fingerprint density at radius 1 is 1.00 bits per heavy atom. The Morgan fingerprint density at radius 2 is 1.72 bits per heavy atom. The lowest BCUT2D eigenvalue weighted by atomic mass is 10.1. The molecule has 1 aliphatic rings. The van der Waals surface area contributed by atoms with Crippen LogP contribution in [0, 0.1) is 5.92 Å². The Morgan fingerprint density at radius 3 is 2.38 bits per heavy atom. The maximum Gasteiger partial charge on any atom is 0.307 e. The number of rotatable bonds is 7. The molecule has 0 aliphatic heterocycles. The lowest BCUT2D eigenvalue weighted by Crippen LogP contribution is -2.00. The van der Waals surface area contributed by atoms with E-state index in [4.69, 9.17) is 33.0 Å². The van der Waals surface area contributed by atoms with Gasteiger partial charge in [0.05, 0.1) is 5.92 Å². The number of nitrogens with one attached hydrogen (secondary N) is 1. The number of benzene rings is 3. The summed E-state index contributed by atoms with van der Waals surface area (Å²) in [5, 5.41) is 13.5. The maximum atomic E-state index is 11.0. The lowest BCUT2D eigenvalue weighted by Gasteiger charge is -2.10.